The van der Waals surface area contributed by atoms with Crippen LogP contribution < -0.4 is 5.32 Å². The van der Waals surface area contributed by atoms with E-state index >= 15 is 0 Å². The lowest BCUT2D eigenvalue weighted by atomic mass is 10.1. The van der Waals surface area contributed by atoms with E-state index in [0.717, 1.165) is 30.0 Å². The lowest BCUT2D eigenvalue weighted by Gasteiger charge is -2.09. The minimum Gasteiger partial charge on any atom is -0.334 e. The smallest absolute Gasteiger partial charge is 0.259 e. The van der Waals surface area contributed by atoms with Crippen molar-refractivity contribution in [3.05, 3.63) is 29.8 Å². The van der Waals surface area contributed by atoms with Gasteiger partial charge in [-0.05, 0) is 38.4 Å². The number of hydrogen-bond acceptors (Lipinski definition) is 5. The normalized spacial score (nSPS) is 19.1. The van der Waals surface area contributed by atoms with E-state index in [1.54, 1.807) is 6.20 Å². The minimum atomic E-state index is 0. The van der Waals surface area contributed by atoms with Gasteiger partial charge in [-0.25, -0.2) is 0 Å². The second-order valence-electron chi connectivity index (χ2n) is 5.00. The molecule has 0 saturated carbocycles. The van der Waals surface area contributed by atoms with E-state index in [9.17, 15) is 0 Å². The molecule has 1 N–H and O–H groups in total. The molecule has 2 aromatic rings. The van der Waals surface area contributed by atoms with Crippen molar-refractivity contribution in [3.8, 4) is 11.5 Å². The van der Waals surface area contributed by atoms with Gasteiger partial charge in [-0.15, -0.1) is 12.4 Å². The number of aromatic nitrogens is 3. The Balaban J connectivity index is 0.00000147. The van der Waals surface area contributed by atoms with Crippen molar-refractivity contribution in [3.63, 3.8) is 0 Å². The van der Waals surface area contributed by atoms with Crippen LogP contribution in [0.3, 0.4) is 0 Å². The second-order valence-corrected chi connectivity index (χ2v) is 5.00. The molecule has 0 spiro atoms. The fraction of sp³-hybridized carbons (Fsp3) is 0.500. The van der Waals surface area contributed by atoms with Crippen LogP contribution in [0, 0.1) is 6.92 Å². The van der Waals surface area contributed by atoms with Crippen molar-refractivity contribution in [2.75, 3.05) is 6.54 Å². The van der Waals surface area contributed by atoms with Gasteiger partial charge in [0.25, 0.3) is 5.89 Å². The molecular weight excluding hydrogens is 276 g/mol. The van der Waals surface area contributed by atoms with E-state index in [1.807, 2.05) is 19.1 Å². The molecule has 3 rings (SSSR count). The Morgan fingerprint density at radius 2 is 2.15 bits per heavy atom. The monoisotopic (exact) mass is 294 g/mol. The summed E-state index contributed by atoms with van der Waals surface area (Å²) in [6.07, 6.45) is 6.56. The molecule has 3 heterocycles. The van der Waals surface area contributed by atoms with Crippen molar-refractivity contribution >= 4 is 12.4 Å². The summed E-state index contributed by atoms with van der Waals surface area (Å²) < 4.78 is 5.34. The molecule has 0 aromatic carbocycles. The SMILES string of the molecule is Cc1ccc(-c2nc(C3CCCCCN3)no2)cn1.Cl. The lowest BCUT2D eigenvalue weighted by Crippen LogP contribution is -2.21. The zero-order chi connectivity index (χ0) is 13.1. The molecule has 1 aliphatic rings. The molecule has 2 aromatic heterocycles. The maximum absolute atomic E-state index is 5.34. The highest BCUT2D eigenvalue weighted by molar-refractivity contribution is 5.85. The first-order chi connectivity index (χ1) is 9.33. The van der Waals surface area contributed by atoms with Gasteiger partial charge < -0.3 is 9.84 Å². The molecule has 108 valence electrons. The fourth-order valence-corrected chi connectivity index (χ4v) is 2.34. The molecule has 1 saturated heterocycles. The lowest BCUT2D eigenvalue weighted by molar-refractivity contribution is 0.402. The molecule has 6 heteroatoms. The summed E-state index contributed by atoms with van der Waals surface area (Å²) in [7, 11) is 0. The van der Waals surface area contributed by atoms with Gasteiger partial charge >= 0.3 is 0 Å². The quantitative estimate of drug-likeness (QED) is 0.922. The average Bonchev–Trinajstić information content (AvgIpc) is 2.76. The van der Waals surface area contributed by atoms with Gasteiger partial charge in [-0.2, -0.15) is 4.98 Å². The first-order valence-corrected chi connectivity index (χ1v) is 6.83. The van der Waals surface area contributed by atoms with Crippen LogP contribution >= 0.6 is 12.4 Å². The standard InChI is InChI=1S/C14H18N4O.ClH/c1-10-6-7-11(9-16-10)14-17-13(18-19-14)12-5-3-2-4-8-15-12;/h6-7,9,12,15H,2-5,8H2,1H3;1H. The third-order valence-electron chi connectivity index (χ3n) is 3.47. The van der Waals surface area contributed by atoms with E-state index in [4.69, 9.17) is 4.52 Å². The summed E-state index contributed by atoms with van der Waals surface area (Å²) in [5.41, 5.74) is 1.85. The highest BCUT2D eigenvalue weighted by atomic mass is 35.5. The topological polar surface area (TPSA) is 63.8 Å². The molecule has 0 amide bonds. The number of halogens is 1. The van der Waals surface area contributed by atoms with E-state index in [2.05, 4.69) is 20.4 Å². The van der Waals surface area contributed by atoms with Gasteiger partial charge in [-0.1, -0.05) is 18.0 Å². The first-order valence-electron chi connectivity index (χ1n) is 6.83. The summed E-state index contributed by atoms with van der Waals surface area (Å²) in [6.45, 7) is 2.99. The molecule has 0 bridgehead atoms. The number of pyridine rings is 1. The Kier molecular flexibility index (Phi) is 5.09. The second kappa shape index (κ2) is 6.81. The molecular formula is C14H19ClN4O. The highest BCUT2D eigenvalue weighted by Gasteiger charge is 2.19. The largest absolute Gasteiger partial charge is 0.334 e. The highest BCUT2D eigenvalue weighted by Crippen LogP contribution is 2.23. The minimum absolute atomic E-state index is 0. The Hall–Kier alpha value is -1.46. The molecule has 1 aliphatic heterocycles. The van der Waals surface area contributed by atoms with Crippen LogP contribution in [0.2, 0.25) is 0 Å². The van der Waals surface area contributed by atoms with Crippen LogP contribution in [0.5, 0.6) is 0 Å². The Morgan fingerprint density at radius 1 is 1.25 bits per heavy atom. The van der Waals surface area contributed by atoms with Crippen molar-refractivity contribution in [1.29, 1.82) is 0 Å². The summed E-state index contributed by atoms with van der Waals surface area (Å²) in [5, 5.41) is 7.58. The van der Waals surface area contributed by atoms with Crippen molar-refractivity contribution in [2.45, 2.75) is 38.6 Å². The van der Waals surface area contributed by atoms with Gasteiger partial charge in [-0.3, -0.25) is 4.98 Å². The van der Waals surface area contributed by atoms with Crippen LogP contribution in [0.1, 0.15) is 43.2 Å². The first kappa shape index (κ1) is 14.9. The van der Waals surface area contributed by atoms with Gasteiger partial charge in [0.1, 0.15) is 0 Å². The zero-order valence-corrected chi connectivity index (χ0v) is 12.3. The molecule has 5 nitrogen and oxygen atoms in total. The van der Waals surface area contributed by atoms with Crippen LogP contribution in [0.15, 0.2) is 22.9 Å². The van der Waals surface area contributed by atoms with Crippen LogP contribution in [-0.4, -0.2) is 21.7 Å². The van der Waals surface area contributed by atoms with Gasteiger partial charge in [0.15, 0.2) is 5.82 Å². The maximum Gasteiger partial charge on any atom is 0.259 e. The number of rotatable bonds is 2. The Bertz CT molecular complexity index is 532. The third-order valence-corrected chi connectivity index (χ3v) is 3.47. The van der Waals surface area contributed by atoms with Gasteiger partial charge in [0, 0.05) is 11.9 Å². The summed E-state index contributed by atoms with van der Waals surface area (Å²) >= 11 is 0. The average molecular weight is 295 g/mol. The predicted octanol–water partition coefficient (Wildman–Crippen LogP) is 3.07. The van der Waals surface area contributed by atoms with Crippen LogP contribution in [-0.2, 0) is 0 Å². The van der Waals surface area contributed by atoms with Crippen molar-refractivity contribution in [1.82, 2.24) is 20.4 Å². The molecule has 1 atom stereocenters. The van der Waals surface area contributed by atoms with Crippen molar-refractivity contribution in [2.24, 2.45) is 0 Å². The molecule has 0 radical (unpaired) electrons. The number of nitrogens with zero attached hydrogens (tertiary/aromatic N) is 3. The number of nitrogens with one attached hydrogen (secondary N) is 1. The van der Waals surface area contributed by atoms with Crippen LogP contribution in [0.4, 0.5) is 0 Å². The van der Waals surface area contributed by atoms with Gasteiger partial charge in [0.05, 0.1) is 11.6 Å². The summed E-state index contributed by atoms with van der Waals surface area (Å²) in [4.78, 5) is 8.74. The van der Waals surface area contributed by atoms with E-state index in [1.165, 1.54) is 19.3 Å². The van der Waals surface area contributed by atoms with Crippen molar-refractivity contribution < 1.29 is 4.52 Å². The zero-order valence-electron chi connectivity index (χ0n) is 11.5. The molecule has 1 fully saturated rings. The number of hydrogen-bond donors (Lipinski definition) is 1. The fourth-order valence-electron chi connectivity index (χ4n) is 2.34. The molecule has 20 heavy (non-hydrogen) atoms. The van der Waals surface area contributed by atoms with E-state index in [-0.39, 0.29) is 18.4 Å². The van der Waals surface area contributed by atoms with Crippen LogP contribution in [0.25, 0.3) is 11.5 Å². The number of aryl methyl sites for hydroxylation is 1. The summed E-state index contributed by atoms with van der Waals surface area (Å²) in [5.74, 6) is 1.31. The van der Waals surface area contributed by atoms with E-state index < -0.39 is 0 Å². The molecule has 0 aliphatic carbocycles. The third kappa shape index (κ3) is 3.35. The maximum atomic E-state index is 5.34. The Morgan fingerprint density at radius 3 is 2.95 bits per heavy atom. The predicted molar refractivity (Wildman–Crippen MR) is 78.7 cm³/mol. The van der Waals surface area contributed by atoms with Gasteiger partial charge in [0.2, 0.25) is 0 Å². The van der Waals surface area contributed by atoms with E-state index in [0.29, 0.717) is 5.89 Å². The Labute approximate surface area is 124 Å². The molecule has 1 unspecified atom stereocenters. The summed E-state index contributed by atoms with van der Waals surface area (Å²) in [6, 6.07) is 4.13.